The molecule has 0 saturated heterocycles. The fourth-order valence-electron chi connectivity index (χ4n) is 1.77. The van der Waals surface area contributed by atoms with E-state index in [1.807, 2.05) is 18.2 Å². The van der Waals surface area contributed by atoms with Crippen molar-refractivity contribution in [3.63, 3.8) is 0 Å². The van der Waals surface area contributed by atoms with Crippen LogP contribution in [0.5, 0.6) is 0 Å². The predicted octanol–water partition coefficient (Wildman–Crippen LogP) is 2.88. The highest BCUT2D eigenvalue weighted by molar-refractivity contribution is 5.15. The number of nitrogens with one attached hydrogen (secondary N) is 1. The van der Waals surface area contributed by atoms with E-state index in [0.717, 1.165) is 12.8 Å². The van der Waals surface area contributed by atoms with Crippen LogP contribution in [0.25, 0.3) is 0 Å². The van der Waals surface area contributed by atoms with E-state index >= 15 is 0 Å². The smallest absolute Gasteiger partial charge is 0.261 e. The van der Waals surface area contributed by atoms with E-state index in [-0.39, 0.29) is 0 Å². The average molecular weight is 257 g/mol. The molecule has 1 rings (SSSR count). The summed E-state index contributed by atoms with van der Waals surface area (Å²) < 4.78 is 28.5. The molecule has 0 heterocycles. The molecule has 0 saturated carbocycles. The van der Waals surface area contributed by atoms with Gasteiger partial charge in [-0.1, -0.05) is 37.3 Å². The van der Waals surface area contributed by atoms with Crippen LogP contribution in [0.1, 0.15) is 18.9 Å². The highest BCUT2D eigenvalue weighted by atomic mass is 19.3. The second-order valence-electron chi connectivity index (χ2n) is 4.22. The van der Waals surface area contributed by atoms with Crippen molar-refractivity contribution in [3.8, 4) is 0 Å². The molecule has 18 heavy (non-hydrogen) atoms. The molecule has 1 aromatic carbocycles. The van der Waals surface area contributed by atoms with Crippen LogP contribution in [0.15, 0.2) is 30.3 Å². The first-order valence-corrected chi connectivity index (χ1v) is 6.35. The minimum atomic E-state index is -2.38. The maximum atomic E-state index is 11.8. The summed E-state index contributed by atoms with van der Waals surface area (Å²) in [6, 6.07) is 10.6. The topological polar surface area (TPSA) is 21.3 Å². The number of hydrogen-bond donors (Lipinski definition) is 1. The van der Waals surface area contributed by atoms with Crippen molar-refractivity contribution in [2.75, 3.05) is 19.8 Å². The van der Waals surface area contributed by atoms with Gasteiger partial charge >= 0.3 is 0 Å². The second-order valence-corrected chi connectivity index (χ2v) is 4.22. The Balaban J connectivity index is 2.18. The van der Waals surface area contributed by atoms with Gasteiger partial charge in [-0.2, -0.15) is 0 Å². The van der Waals surface area contributed by atoms with Gasteiger partial charge in [0, 0.05) is 12.6 Å². The Bertz CT molecular complexity index is 306. The quantitative estimate of drug-likeness (QED) is 0.687. The molecule has 0 radical (unpaired) electrons. The summed E-state index contributed by atoms with van der Waals surface area (Å²) in [5.41, 5.74) is 1.28. The Morgan fingerprint density at radius 2 is 1.94 bits per heavy atom. The van der Waals surface area contributed by atoms with E-state index in [9.17, 15) is 8.78 Å². The van der Waals surface area contributed by atoms with Crippen LogP contribution in [0.2, 0.25) is 0 Å². The van der Waals surface area contributed by atoms with Gasteiger partial charge in [0.25, 0.3) is 6.43 Å². The molecule has 1 aromatic rings. The zero-order valence-corrected chi connectivity index (χ0v) is 10.7. The molecule has 1 N–H and O–H groups in total. The molecule has 102 valence electrons. The summed E-state index contributed by atoms with van der Waals surface area (Å²) in [6.45, 7) is 2.57. The molecule has 0 aliphatic heterocycles. The third kappa shape index (κ3) is 6.67. The maximum Gasteiger partial charge on any atom is 0.261 e. The van der Waals surface area contributed by atoms with Crippen LogP contribution >= 0.6 is 0 Å². The second kappa shape index (κ2) is 9.00. The zero-order chi connectivity index (χ0) is 13.2. The van der Waals surface area contributed by atoms with Crippen molar-refractivity contribution in [2.45, 2.75) is 32.2 Å². The Morgan fingerprint density at radius 3 is 2.56 bits per heavy atom. The number of halogens is 2. The molecule has 0 fully saturated rings. The first kappa shape index (κ1) is 15.1. The largest absolute Gasteiger partial charge is 0.374 e. The molecule has 0 aliphatic rings. The molecule has 1 atom stereocenters. The van der Waals surface area contributed by atoms with Crippen LogP contribution in [-0.2, 0) is 11.2 Å². The van der Waals surface area contributed by atoms with Gasteiger partial charge in [-0.3, -0.25) is 0 Å². The van der Waals surface area contributed by atoms with Gasteiger partial charge in [0.05, 0.1) is 6.61 Å². The highest BCUT2D eigenvalue weighted by Crippen LogP contribution is 2.05. The van der Waals surface area contributed by atoms with Crippen molar-refractivity contribution >= 4 is 0 Å². The van der Waals surface area contributed by atoms with E-state index in [2.05, 4.69) is 24.4 Å². The summed E-state index contributed by atoms with van der Waals surface area (Å²) in [7, 11) is 0. The Morgan fingerprint density at radius 1 is 1.22 bits per heavy atom. The van der Waals surface area contributed by atoms with E-state index in [0.29, 0.717) is 19.2 Å². The first-order chi connectivity index (χ1) is 8.72. The number of benzene rings is 1. The van der Waals surface area contributed by atoms with Crippen LogP contribution < -0.4 is 5.32 Å². The lowest BCUT2D eigenvalue weighted by molar-refractivity contribution is 0.0182. The molecule has 2 nitrogen and oxygen atoms in total. The van der Waals surface area contributed by atoms with Crippen molar-refractivity contribution in [2.24, 2.45) is 0 Å². The number of ether oxygens (including phenoxy) is 1. The van der Waals surface area contributed by atoms with Crippen LogP contribution in [0.3, 0.4) is 0 Å². The zero-order valence-electron chi connectivity index (χ0n) is 10.7. The first-order valence-electron chi connectivity index (χ1n) is 6.35. The van der Waals surface area contributed by atoms with Gasteiger partial charge in [0.15, 0.2) is 0 Å². The molecular formula is C14H21F2NO. The van der Waals surface area contributed by atoms with Gasteiger partial charge in [-0.05, 0) is 18.4 Å². The number of hydrogen-bond acceptors (Lipinski definition) is 2. The summed E-state index contributed by atoms with van der Waals surface area (Å²) in [5.74, 6) is 0. The number of alkyl halides is 2. The average Bonchev–Trinajstić information content (AvgIpc) is 2.38. The highest BCUT2D eigenvalue weighted by Gasteiger charge is 2.06. The molecule has 1 unspecified atom stereocenters. The van der Waals surface area contributed by atoms with Crippen molar-refractivity contribution in [1.82, 2.24) is 5.32 Å². The Labute approximate surface area is 107 Å². The summed E-state index contributed by atoms with van der Waals surface area (Å²) in [4.78, 5) is 0. The monoisotopic (exact) mass is 257 g/mol. The van der Waals surface area contributed by atoms with E-state index in [1.54, 1.807) is 0 Å². The molecule has 0 spiro atoms. The molecule has 0 amide bonds. The lowest BCUT2D eigenvalue weighted by Gasteiger charge is -2.17. The maximum absolute atomic E-state index is 11.8. The minimum absolute atomic E-state index is 0.329. The summed E-state index contributed by atoms with van der Waals surface area (Å²) in [6.07, 6.45) is -0.424. The van der Waals surface area contributed by atoms with E-state index in [1.165, 1.54) is 5.56 Å². The molecule has 4 heteroatoms. The van der Waals surface area contributed by atoms with Crippen LogP contribution in [0.4, 0.5) is 8.78 Å². The third-order valence-corrected chi connectivity index (χ3v) is 2.74. The van der Waals surface area contributed by atoms with Gasteiger partial charge in [0.1, 0.15) is 6.61 Å². The van der Waals surface area contributed by atoms with Crippen LogP contribution in [0, 0.1) is 0 Å². The van der Waals surface area contributed by atoms with Crippen molar-refractivity contribution < 1.29 is 13.5 Å². The Kier molecular flexibility index (Phi) is 7.53. The van der Waals surface area contributed by atoms with Crippen LogP contribution in [-0.4, -0.2) is 32.2 Å². The molecule has 0 bridgehead atoms. The minimum Gasteiger partial charge on any atom is -0.374 e. The lowest BCUT2D eigenvalue weighted by Crippen LogP contribution is -2.33. The fraction of sp³-hybridized carbons (Fsp3) is 0.571. The fourth-order valence-corrected chi connectivity index (χ4v) is 1.77. The number of rotatable bonds is 9. The Hall–Kier alpha value is -1.00. The van der Waals surface area contributed by atoms with Gasteiger partial charge in [-0.15, -0.1) is 0 Å². The lowest BCUT2D eigenvalue weighted by atomic mass is 10.0. The van der Waals surface area contributed by atoms with E-state index < -0.39 is 13.0 Å². The summed E-state index contributed by atoms with van der Waals surface area (Å²) in [5, 5.41) is 3.32. The molecular weight excluding hydrogens is 236 g/mol. The van der Waals surface area contributed by atoms with Gasteiger partial charge in [0.2, 0.25) is 0 Å². The predicted molar refractivity (Wildman–Crippen MR) is 69.1 cm³/mol. The molecule has 0 aromatic heterocycles. The van der Waals surface area contributed by atoms with E-state index in [4.69, 9.17) is 4.74 Å². The van der Waals surface area contributed by atoms with Gasteiger partial charge < -0.3 is 10.1 Å². The normalized spacial score (nSPS) is 12.9. The third-order valence-electron chi connectivity index (χ3n) is 2.74. The van der Waals surface area contributed by atoms with Crippen molar-refractivity contribution in [1.29, 1.82) is 0 Å². The SMILES string of the molecule is CCC(Cc1ccccc1)NCCOCC(F)F. The standard InChI is InChI=1S/C14H21F2NO/c1-2-13(10-12-6-4-3-5-7-12)17-8-9-18-11-14(15)16/h3-7,13-14,17H,2,8-11H2,1H3. The molecule has 0 aliphatic carbocycles. The summed E-state index contributed by atoms with van der Waals surface area (Å²) >= 11 is 0. The van der Waals surface area contributed by atoms with Gasteiger partial charge in [-0.25, -0.2) is 8.78 Å². The van der Waals surface area contributed by atoms with Crippen molar-refractivity contribution in [3.05, 3.63) is 35.9 Å².